The molecule has 8 nitrogen and oxygen atoms in total. The van der Waals surface area contributed by atoms with Gasteiger partial charge in [-0.05, 0) is 24.5 Å². The second-order valence-corrected chi connectivity index (χ2v) is 6.26. The summed E-state index contributed by atoms with van der Waals surface area (Å²) in [4.78, 5) is 37.1. The number of nitro groups is 1. The molecule has 0 spiro atoms. The van der Waals surface area contributed by atoms with Gasteiger partial charge in [-0.1, -0.05) is 42.5 Å². The van der Waals surface area contributed by atoms with Gasteiger partial charge in [0.2, 0.25) is 5.91 Å². The summed E-state index contributed by atoms with van der Waals surface area (Å²) in [6.45, 7) is 0.811. The Hall–Kier alpha value is -3.42. The van der Waals surface area contributed by atoms with E-state index in [1.54, 1.807) is 6.07 Å². The van der Waals surface area contributed by atoms with E-state index in [9.17, 15) is 19.7 Å². The van der Waals surface area contributed by atoms with Crippen LogP contribution in [0.5, 0.6) is 0 Å². The molecule has 8 heteroatoms. The molecule has 140 valence electrons. The van der Waals surface area contributed by atoms with E-state index in [0.717, 1.165) is 5.56 Å². The van der Waals surface area contributed by atoms with Crippen molar-refractivity contribution in [2.24, 2.45) is 0 Å². The van der Waals surface area contributed by atoms with E-state index in [1.807, 2.05) is 30.3 Å². The third-order valence-electron chi connectivity index (χ3n) is 4.47. The molecule has 0 unspecified atom stereocenters. The van der Waals surface area contributed by atoms with Gasteiger partial charge in [0.05, 0.1) is 4.92 Å². The molecular weight excluding hydrogens is 348 g/mol. The molecule has 1 saturated heterocycles. The van der Waals surface area contributed by atoms with Crippen LogP contribution >= 0.6 is 0 Å². The Bertz CT molecular complexity index is 841. The topological polar surface area (TPSA) is 105 Å². The average Bonchev–Trinajstić information content (AvgIpc) is 3.17. The van der Waals surface area contributed by atoms with Gasteiger partial charge in [-0.3, -0.25) is 14.9 Å². The van der Waals surface area contributed by atoms with E-state index < -0.39 is 17.0 Å². The minimum Gasteiger partial charge on any atom is -0.350 e. The Morgan fingerprint density at radius 2 is 1.81 bits per heavy atom. The maximum Gasteiger partial charge on any atom is 0.322 e. The number of nitro benzene ring substituents is 1. The summed E-state index contributed by atoms with van der Waals surface area (Å²) in [5, 5.41) is 16.5. The fourth-order valence-electron chi connectivity index (χ4n) is 3.11. The average molecular weight is 368 g/mol. The number of carbonyl (C=O) groups excluding carboxylic acids is 2. The molecule has 2 aromatic carbocycles. The van der Waals surface area contributed by atoms with E-state index in [-0.39, 0.29) is 17.3 Å². The second-order valence-electron chi connectivity index (χ2n) is 6.26. The summed E-state index contributed by atoms with van der Waals surface area (Å²) >= 11 is 0. The van der Waals surface area contributed by atoms with Crippen molar-refractivity contribution < 1.29 is 14.5 Å². The number of hydrogen-bond acceptors (Lipinski definition) is 4. The van der Waals surface area contributed by atoms with Crippen LogP contribution in [-0.2, 0) is 11.3 Å². The van der Waals surface area contributed by atoms with Crippen LogP contribution in [0.15, 0.2) is 54.6 Å². The molecule has 0 aliphatic carbocycles. The fraction of sp³-hybridized carbons (Fsp3) is 0.263. The number of amides is 3. The number of likely N-dealkylation sites (tertiary alicyclic amines) is 1. The predicted octanol–water partition coefficient (Wildman–Crippen LogP) is 2.91. The normalized spacial score (nSPS) is 16.0. The lowest BCUT2D eigenvalue weighted by atomic mass is 10.2. The Morgan fingerprint density at radius 3 is 2.56 bits per heavy atom. The molecular formula is C19H20N4O4. The quantitative estimate of drug-likeness (QED) is 0.625. The first-order valence-electron chi connectivity index (χ1n) is 8.69. The maximum atomic E-state index is 12.6. The largest absolute Gasteiger partial charge is 0.350 e. The van der Waals surface area contributed by atoms with Crippen molar-refractivity contribution in [3.63, 3.8) is 0 Å². The Morgan fingerprint density at radius 1 is 1.11 bits per heavy atom. The molecule has 1 fully saturated rings. The number of urea groups is 1. The zero-order valence-electron chi connectivity index (χ0n) is 14.6. The highest BCUT2D eigenvalue weighted by atomic mass is 16.6. The van der Waals surface area contributed by atoms with Gasteiger partial charge < -0.3 is 15.5 Å². The van der Waals surface area contributed by atoms with Gasteiger partial charge in [0.1, 0.15) is 11.7 Å². The van der Waals surface area contributed by atoms with Crippen molar-refractivity contribution in [2.75, 3.05) is 11.9 Å². The van der Waals surface area contributed by atoms with Gasteiger partial charge in [0, 0.05) is 19.2 Å². The van der Waals surface area contributed by atoms with Crippen LogP contribution in [0.2, 0.25) is 0 Å². The molecule has 1 atom stereocenters. The zero-order chi connectivity index (χ0) is 19.2. The summed E-state index contributed by atoms with van der Waals surface area (Å²) in [6, 6.07) is 14.3. The minimum atomic E-state index is -0.587. The van der Waals surface area contributed by atoms with Crippen LogP contribution in [0.3, 0.4) is 0 Å². The van der Waals surface area contributed by atoms with E-state index in [0.29, 0.717) is 25.9 Å². The third-order valence-corrected chi connectivity index (χ3v) is 4.47. The van der Waals surface area contributed by atoms with Crippen LogP contribution in [0, 0.1) is 10.1 Å². The first kappa shape index (κ1) is 18.4. The summed E-state index contributed by atoms with van der Waals surface area (Å²) in [5.41, 5.74) is 0.901. The summed E-state index contributed by atoms with van der Waals surface area (Å²) < 4.78 is 0. The number of nitrogens with one attached hydrogen (secondary N) is 2. The molecule has 27 heavy (non-hydrogen) atoms. The second kappa shape index (κ2) is 8.31. The highest BCUT2D eigenvalue weighted by Gasteiger charge is 2.34. The minimum absolute atomic E-state index is 0.114. The molecule has 0 bridgehead atoms. The van der Waals surface area contributed by atoms with Crippen LogP contribution in [0.1, 0.15) is 18.4 Å². The number of rotatable bonds is 5. The molecule has 0 radical (unpaired) electrons. The molecule has 1 aliphatic heterocycles. The smallest absolute Gasteiger partial charge is 0.322 e. The standard InChI is InChI=1S/C19H20N4O4/c24-18(20-13-14-7-2-1-3-8-14)17-11-6-12-22(17)19(25)21-15-9-4-5-10-16(15)23(26)27/h1-5,7-10,17H,6,11-13H2,(H,20,24)(H,21,25)/t17-/m1/s1. The van der Waals surface area contributed by atoms with E-state index in [1.165, 1.54) is 23.1 Å². The van der Waals surface area contributed by atoms with Crippen molar-refractivity contribution in [1.29, 1.82) is 0 Å². The summed E-state index contributed by atoms with van der Waals surface area (Å²) in [5.74, 6) is -0.228. The predicted molar refractivity (Wildman–Crippen MR) is 100 cm³/mol. The molecule has 3 rings (SSSR count). The number of hydrogen-bond donors (Lipinski definition) is 2. The van der Waals surface area contributed by atoms with Gasteiger partial charge >= 0.3 is 6.03 Å². The van der Waals surface area contributed by atoms with E-state index in [2.05, 4.69) is 10.6 Å². The molecule has 3 amide bonds. The van der Waals surface area contributed by atoms with E-state index >= 15 is 0 Å². The highest BCUT2D eigenvalue weighted by Crippen LogP contribution is 2.25. The van der Waals surface area contributed by atoms with Crippen molar-refractivity contribution >= 4 is 23.3 Å². The number of para-hydroxylation sites is 2. The van der Waals surface area contributed by atoms with Crippen LogP contribution in [0.4, 0.5) is 16.2 Å². The van der Waals surface area contributed by atoms with Gasteiger partial charge in [-0.2, -0.15) is 0 Å². The number of anilines is 1. The summed E-state index contributed by atoms with van der Waals surface area (Å²) in [6.07, 6.45) is 1.26. The number of carbonyl (C=O) groups is 2. The van der Waals surface area contributed by atoms with Crippen molar-refractivity contribution in [3.8, 4) is 0 Å². The lowest BCUT2D eigenvalue weighted by molar-refractivity contribution is -0.383. The molecule has 2 aromatic rings. The molecule has 1 heterocycles. The van der Waals surface area contributed by atoms with Crippen LogP contribution in [0.25, 0.3) is 0 Å². The van der Waals surface area contributed by atoms with Crippen molar-refractivity contribution in [1.82, 2.24) is 10.2 Å². The third kappa shape index (κ3) is 4.41. The van der Waals surface area contributed by atoms with Crippen LogP contribution in [-0.4, -0.2) is 34.3 Å². The van der Waals surface area contributed by atoms with Gasteiger partial charge in [-0.15, -0.1) is 0 Å². The Kier molecular flexibility index (Phi) is 5.65. The first-order chi connectivity index (χ1) is 13.1. The van der Waals surface area contributed by atoms with Gasteiger partial charge in [-0.25, -0.2) is 4.79 Å². The Balaban J connectivity index is 1.64. The van der Waals surface area contributed by atoms with Gasteiger partial charge in [0.15, 0.2) is 0 Å². The van der Waals surface area contributed by atoms with Crippen LogP contribution < -0.4 is 10.6 Å². The Labute approximate surface area is 156 Å². The summed E-state index contributed by atoms with van der Waals surface area (Å²) in [7, 11) is 0. The lowest BCUT2D eigenvalue weighted by Crippen LogP contribution is -2.47. The molecule has 0 saturated carbocycles. The van der Waals surface area contributed by atoms with Gasteiger partial charge in [0.25, 0.3) is 5.69 Å². The van der Waals surface area contributed by atoms with E-state index in [4.69, 9.17) is 0 Å². The molecule has 1 aliphatic rings. The lowest BCUT2D eigenvalue weighted by Gasteiger charge is -2.24. The first-order valence-corrected chi connectivity index (χ1v) is 8.69. The fourth-order valence-corrected chi connectivity index (χ4v) is 3.11. The van der Waals surface area contributed by atoms with Crippen molar-refractivity contribution in [3.05, 3.63) is 70.3 Å². The monoisotopic (exact) mass is 368 g/mol. The highest BCUT2D eigenvalue weighted by molar-refractivity contribution is 5.95. The molecule has 0 aromatic heterocycles. The SMILES string of the molecule is O=C(NCc1ccccc1)[C@H]1CCCN1C(=O)Nc1ccccc1[N+](=O)[O-]. The maximum absolute atomic E-state index is 12.6. The zero-order valence-corrected chi connectivity index (χ0v) is 14.6. The van der Waals surface area contributed by atoms with Crippen molar-refractivity contribution in [2.45, 2.75) is 25.4 Å². The number of benzene rings is 2. The number of nitrogens with zero attached hydrogens (tertiary/aromatic N) is 2. The molecule has 2 N–H and O–H groups in total.